The van der Waals surface area contributed by atoms with E-state index >= 15 is 0 Å². The van der Waals surface area contributed by atoms with Crippen LogP contribution in [0.5, 0.6) is 0 Å². The van der Waals surface area contributed by atoms with Gasteiger partial charge in [-0.2, -0.15) is 0 Å². The van der Waals surface area contributed by atoms with E-state index in [2.05, 4.69) is 14.4 Å². The van der Waals surface area contributed by atoms with Gasteiger partial charge in [-0.15, -0.1) is 0 Å². The lowest BCUT2D eigenvalue weighted by Gasteiger charge is -1.93. The summed E-state index contributed by atoms with van der Waals surface area (Å²) in [6, 6.07) is 1.46. The molecule has 0 atom stereocenters. The highest BCUT2D eigenvalue weighted by atomic mass is 16.5. The lowest BCUT2D eigenvalue weighted by Crippen LogP contribution is -2.04. The molecule has 1 aromatic heterocycles. The average molecular weight is 141 g/mol. The van der Waals surface area contributed by atoms with Gasteiger partial charge >= 0.3 is 5.97 Å². The Bertz CT molecular complexity index is 205. The molecule has 0 aromatic carbocycles. The van der Waals surface area contributed by atoms with Crippen molar-refractivity contribution < 1.29 is 14.1 Å². The van der Waals surface area contributed by atoms with E-state index < -0.39 is 5.97 Å². The number of carbonyl (C=O) groups excluding carboxylic acids is 1. The van der Waals surface area contributed by atoms with Gasteiger partial charge in [-0.1, -0.05) is 5.16 Å². The number of aromatic nitrogens is 1. The van der Waals surface area contributed by atoms with Crippen molar-refractivity contribution >= 4 is 5.97 Å². The summed E-state index contributed by atoms with van der Waals surface area (Å²) in [5, 5.41) is 3.39. The van der Waals surface area contributed by atoms with E-state index in [0.717, 1.165) is 0 Å². The van der Waals surface area contributed by atoms with Crippen molar-refractivity contribution in [3.63, 3.8) is 0 Å². The normalized spacial score (nSPS) is 9.30. The molecule has 54 valence electrons. The maximum Gasteiger partial charge on any atom is 0.360 e. The first-order valence-corrected chi connectivity index (χ1v) is 2.92. The first-order valence-electron chi connectivity index (χ1n) is 2.92. The standard InChI is InChI=1S/C6H7NO3/c1-2-9-6(8)5-3-4-10-7-5/h3-4H,2H2,1H3. The summed E-state index contributed by atoms with van der Waals surface area (Å²) < 4.78 is 9.06. The Kier molecular flexibility index (Phi) is 2.04. The summed E-state index contributed by atoms with van der Waals surface area (Å²) in [6.07, 6.45) is 1.33. The van der Waals surface area contributed by atoms with E-state index in [-0.39, 0.29) is 5.69 Å². The van der Waals surface area contributed by atoms with Gasteiger partial charge < -0.3 is 9.26 Å². The molecule has 4 heteroatoms. The molecule has 1 heterocycles. The van der Waals surface area contributed by atoms with E-state index in [1.165, 1.54) is 12.3 Å². The lowest BCUT2D eigenvalue weighted by molar-refractivity contribution is 0.0514. The van der Waals surface area contributed by atoms with Gasteiger partial charge in [0.15, 0.2) is 5.69 Å². The molecular weight excluding hydrogens is 134 g/mol. The van der Waals surface area contributed by atoms with E-state index in [1.54, 1.807) is 6.92 Å². The Hall–Kier alpha value is -1.32. The third-order valence-corrected chi connectivity index (χ3v) is 0.922. The van der Waals surface area contributed by atoms with Crippen LogP contribution in [-0.4, -0.2) is 17.7 Å². The van der Waals surface area contributed by atoms with Crippen molar-refractivity contribution in [1.82, 2.24) is 5.16 Å². The fourth-order valence-corrected chi connectivity index (χ4v) is 0.523. The highest BCUT2D eigenvalue weighted by Crippen LogP contribution is 1.96. The van der Waals surface area contributed by atoms with Crippen molar-refractivity contribution in [3.8, 4) is 0 Å². The molecule has 0 radical (unpaired) electrons. The van der Waals surface area contributed by atoms with Gasteiger partial charge in [0.05, 0.1) is 6.61 Å². The Labute approximate surface area is 57.8 Å². The highest BCUT2D eigenvalue weighted by molar-refractivity contribution is 5.86. The molecular formula is C6H7NO3. The second-order valence-electron chi connectivity index (χ2n) is 1.61. The van der Waals surface area contributed by atoms with Crippen molar-refractivity contribution in [2.75, 3.05) is 6.61 Å². The Morgan fingerprint density at radius 3 is 3.20 bits per heavy atom. The SMILES string of the molecule is CCOC(=O)c1ccon1. The zero-order valence-electron chi connectivity index (χ0n) is 5.53. The molecule has 0 unspecified atom stereocenters. The van der Waals surface area contributed by atoms with Crippen LogP contribution in [0.2, 0.25) is 0 Å². The van der Waals surface area contributed by atoms with Crippen LogP contribution in [0.1, 0.15) is 17.4 Å². The zero-order chi connectivity index (χ0) is 7.40. The third-order valence-electron chi connectivity index (χ3n) is 0.922. The Morgan fingerprint density at radius 1 is 1.90 bits per heavy atom. The topological polar surface area (TPSA) is 52.3 Å². The van der Waals surface area contributed by atoms with Crippen LogP contribution < -0.4 is 0 Å². The van der Waals surface area contributed by atoms with E-state index in [9.17, 15) is 4.79 Å². The minimum absolute atomic E-state index is 0.210. The predicted molar refractivity (Wildman–Crippen MR) is 32.5 cm³/mol. The molecule has 10 heavy (non-hydrogen) atoms. The monoisotopic (exact) mass is 141 g/mol. The molecule has 0 aliphatic rings. The van der Waals surface area contributed by atoms with Crippen LogP contribution in [0, 0.1) is 0 Å². The number of nitrogens with zero attached hydrogens (tertiary/aromatic N) is 1. The maximum absolute atomic E-state index is 10.8. The van der Waals surface area contributed by atoms with Crippen molar-refractivity contribution in [3.05, 3.63) is 18.0 Å². The van der Waals surface area contributed by atoms with Crippen molar-refractivity contribution in [1.29, 1.82) is 0 Å². The third kappa shape index (κ3) is 1.34. The molecule has 0 N–H and O–H groups in total. The number of rotatable bonds is 2. The molecule has 0 fully saturated rings. The number of hydrogen-bond donors (Lipinski definition) is 0. The van der Waals surface area contributed by atoms with E-state index in [4.69, 9.17) is 0 Å². The lowest BCUT2D eigenvalue weighted by atomic mass is 10.4. The van der Waals surface area contributed by atoms with Gasteiger partial charge in [-0.05, 0) is 6.92 Å². The fourth-order valence-electron chi connectivity index (χ4n) is 0.523. The molecule has 0 saturated heterocycles. The van der Waals surface area contributed by atoms with Crippen LogP contribution in [0.25, 0.3) is 0 Å². The van der Waals surface area contributed by atoms with Gasteiger partial charge in [0.2, 0.25) is 0 Å². The second-order valence-corrected chi connectivity index (χ2v) is 1.61. The summed E-state index contributed by atoms with van der Waals surface area (Å²) in [7, 11) is 0. The number of ether oxygens (including phenoxy) is 1. The first kappa shape index (κ1) is 6.80. The average Bonchev–Trinajstić information content (AvgIpc) is 2.38. The van der Waals surface area contributed by atoms with E-state index in [1.807, 2.05) is 0 Å². The summed E-state index contributed by atoms with van der Waals surface area (Å²) in [6.45, 7) is 2.09. The summed E-state index contributed by atoms with van der Waals surface area (Å²) in [5.74, 6) is -0.448. The summed E-state index contributed by atoms with van der Waals surface area (Å²) in [5.41, 5.74) is 0.210. The van der Waals surface area contributed by atoms with Crippen LogP contribution in [0.3, 0.4) is 0 Å². The van der Waals surface area contributed by atoms with Gasteiger partial charge in [0, 0.05) is 6.07 Å². The number of hydrogen-bond acceptors (Lipinski definition) is 4. The fraction of sp³-hybridized carbons (Fsp3) is 0.333. The van der Waals surface area contributed by atoms with Crippen LogP contribution in [-0.2, 0) is 4.74 Å². The first-order chi connectivity index (χ1) is 4.84. The van der Waals surface area contributed by atoms with Gasteiger partial charge in [-0.3, -0.25) is 0 Å². The predicted octanol–water partition coefficient (Wildman–Crippen LogP) is 0.851. The summed E-state index contributed by atoms with van der Waals surface area (Å²) >= 11 is 0. The van der Waals surface area contributed by atoms with Gasteiger partial charge in [-0.25, -0.2) is 4.79 Å². The van der Waals surface area contributed by atoms with Crippen LogP contribution in [0.15, 0.2) is 16.9 Å². The minimum atomic E-state index is -0.448. The van der Waals surface area contributed by atoms with Crippen LogP contribution in [0.4, 0.5) is 0 Å². The van der Waals surface area contributed by atoms with Crippen molar-refractivity contribution in [2.45, 2.75) is 6.92 Å². The summed E-state index contributed by atoms with van der Waals surface area (Å²) in [4.78, 5) is 10.8. The van der Waals surface area contributed by atoms with Crippen LogP contribution >= 0.6 is 0 Å². The number of esters is 1. The molecule has 1 rings (SSSR count). The number of carbonyl (C=O) groups is 1. The molecule has 0 aliphatic carbocycles. The second kappa shape index (κ2) is 3.00. The van der Waals surface area contributed by atoms with E-state index in [0.29, 0.717) is 6.61 Å². The zero-order valence-corrected chi connectivity index (χ0v) is 5.53. The molecule has 0 amide bonds. The van der Waals surface area contributed by atoms with Gasteiger partial charge in [0.25, 0.3) is 0 Å². The maximum atomic E-state index is 10.8. The molecule has 4 nitrogen and oxygen atoms in total. The van der Waals surface area contributed by atoms with Gasteiger partial charge in [0.1, 0.15) is 6.26 Å². The smallest absolute Gasteiger partial charge is 0.360 e. The Morgan fingerprint density at radius 2 is 2.70 bits per heavy atom. The molecule has 0 spiro atoms. The minimum Gasteiger partial charge on any atom is -0.461 e. The molecule has 1 aromatic rings. The molecule has 0 aliphatic heterocycles. The molecule has 0 saturated carbocycles. The largest absolute Gasteiger partial charge is 0.461 e. The highest BCUT2D eigenvalue weighted by Gasteiger charge is 2.07. The van der Waals surface area contributed by atoms with Crippen molar-refractivity contribution in [2.24, 2.45) is 0 Å². The Balaban J connectivity index is 2.59. The quantitative estimate of drug-likeness (QED) is 0.573. The molecule has 0 bridgehead atoms.